The predicted octanol–water partition coefficient (Wildman–Crippen LogP) is 1.17. The molecule has 0 radical (unpaired) electrons. The highest BCUT2D eigenvalue weighted by molar-refractivity contribution is 5.88. The lowest BCUT2D eigenvalue weighted by Crippen LogP contribution is -2.17. The molecule has 0 spiro atoms. The third-order valence-corrected chi connectivity index (χ3v) is 2.56. The molecule has 110 valence electrons. The topological polar surface area (TPSA) is 96.4 Å². The molecular weight excluding hydrogens is 274 g/mol. The summed E-state index contributed by atoms with van der Waals surface area (Å²) in [5.41, 5.74) is 7.10. The standard InChI is InChI=1S/C14H15N3O4/c1-2-20-13(18)9-21-14(19)12-6-7-17(16-12)11-5-3-4-10(15)8-11/h3-8H,2,9,15H2,1H3. The molecule has 2 rings (SSSR count). The van der Waals surface area contributed by atoms with Crippen LogP contribution in [0.3, 0.4) is 0 Å². The summed E-state index contributed by atoms with van der Waals surface area (Å²) in [5, 5.41) is 4.08. The van der Waals surface area contributed by atoms with Crippen molar-refractivity contribution in [3.63, 3.8) is 0 Å². The Hall–Kier alpha value is -2.83. The highest BCUT2D eigenvalue weighted by Crippen LogP contribution is 2.12. The number of rotatable bonds is 5. The first-order valence-corrected chi connectivity index (χ1v) is 6.34. The summed E-state index contributed by atoms with van der Waals surface area (Å²) in [5.74, 6) is -1.29. The van der Waals surface area contributed by atoms with Crippen LogP contribution < -0.4 is 5.73 Å². The van der Waals surface area contributed by atoms with E-state index in [2.05, 4.69) is 9.84 Å². The molecule has 0 unspecified atom stereocenters. The first-order chi connectivity index (χ1) is 10.1. The summed E-state index contributed by atoms with van der Waals surface area (Å²) in [7, 11) is 0. The van der Waals surface area contributed by atoms with Gasteiger partial charge >= 0.3 is 11.9 Å². The third-order valence-electron chi connectivity index (χ3n) is 2.56. The lowest BCUT2D eigenvalue weighted by atomic mass is 10.3. The molecule has 0 saturated carbocycles. The van der Waals surface area contributed by atoms with Gasteiger partial charge in [0.15, 0.2) is 12.3 Å². The molecule has 0 fully saturated rings. The molecule has 0 aliphatic carbocycles. The highest BCUT2D eigenvalue weighted by Gasteiger charge is 2.14. The number of aromatic nitrogens is 2. The lowest BCUT2D eigenvalue weighted by Gasteiger charge is -2.03. The summed E-state index contributed by atoms with van der Waals surface area (Å²) in [6, 6.07) is 8.56. The van der Waals surface area contributed by atoms with Crippen LogP contribution in [-0.4, -0.2) is 34.9 Å². The van der Waals surface area contributed by atoms with E-state index in [1.54, 1.807) is 37.4 Å². The number of ether oxygens (including phenoxy) is 2. The summed E-state index contributed by atoms with van der Waals surface area (Å²) in [6.45, 7) is 1.48. The zero-order valence-electron chi connectivity index (χ0n) is 11.5. The van der Waals surface area contributed by atoms with E-state index in [-0.39, 0.29) is 12.3 Å². The van der Waals surface area contributed by atoms with E-state index in [4.69, 9.17) is 10.5 Å². The smallest absolute Gasteiger partial charge is 0.359 e. The average molecular weight is 289 g/mol. The zero-order valence-corrected chi connectivity index (χ0v) is 11.5. The molecular formula is C14H15N3O4. The van der Waals surface area contributed by atoms with Gasteiger partial charge in [-0.25, -0.2) is 14.3 Å². The molecule has 1 heterocycles. The number of nitrogens with two attached hydrogens (primary N) is 1. The summed E-state index contributed by atoms with van der Waals surface area (Å²) in [6.07, 6.45) is 1.61. The number of esters is 2. The van der Waals surface area contributed by atoms with E-state index >= 15 is 0 Å². The normalized spacial score (nSPS) is 10.1. The second-order valence-corrected chi connectivity index (χ2v) is 4.12. The Balaban J connectivity index is 2.02. The van der Waals surface area contributed by atoms with Crippen molar-refractivity contribution in [2.45, 2.75) is 6.92 Å². The molecule has 0 aliphatic heterocycles. The van der Waals surface area contributed by atoms with Gasteiger partial charge in [-0.05, 0) is 31.2 Å². The molecule has 2 N–H and O–H groups in total. The molecule has 21 heavy (non-hydrogen) atoms. The predicted molar refractivity (Wildman–Crippen MR) is 74.9 cm³/mol. The molecule has 0 atom stereocenters. The Labute approximate surface area is 121 Å². The molecule has 1 aromatic heterocycles. The van der Waals surface area contributed by atoms with Gasteiger partial charge in [-0.15, -0.1) is 0 Å². The number of nitrogen functional groups attached to an aromatic ring is 1. The van der Waals surface area contributed by atoms with E-state index in [9.17, 15) is 9.59 Å². The van der Waals surface area contributed by atoms with Crippen molar-refractivity contribution in [1.82, 2.24) is 9.78 Å². The second kappa shape index (κ2) is 6.56. The summed E-state index contributed by atoms with van der Waals surface area (Å²) in [4.78, 5) is 22.8. The Kier molecular flexibility index (Phi) is 4.55. The Morgan fingerprint density at radius 2 is 2.10 bits per heavy atom. The van der Waals surface area contributed by atoms with Gasteiger partial charge in [-0.2, -0.15) is 5.10 Å². The van der Waals surface area contributed by atoms with Crippen LogP contribution in [0.15, 0.2) is 36.5 Å². The Bertz CT molecular complexity index is 651. The maximum atomic E-state index is 11.7. The second-order valence-electron chi connectivity index (χ2n) is 4.12. The minimum atomic E-state index is -0.689. The monoisotopic (exact) mass is 289 g/mol. The van der Waals surface area contributed by atoms with E-state index in [0.717, 1.165) is 5.69 Å². The summed E-state index contributed by atoms with van der Waals surface area (Å²) >= 11 is 0. The fourth-order valence-corrected chi connectivity index (χ4v) is 1.64. The molecule has 7 heteroatoms. The number of anilines is 1. The molecule has 0 saturated heterocycles. The number of hydrogen-bond acceptors (Lipinski definition) is 6. The van der Waals surface area contributed by atoms with Crippen LogP contribution in [0, 0.1) is 0 Å². The molecule has 0 amide bonds. The molecule has 0 aliphatic rings. The zero-order chi connectivity index (χ0) is 15.2. The first-order valence-electron chi connectivity index (χ1n) is 6.34. The molecule has 2 aromatic rings. The van der Waals surface area contributed by atoms with Gasteiger partial charge in [0.25, 0.3) is 0 Å². The van der Waals surface area contributed by atoms with E-state index < -0.39 is 18.5 Å². The highest BCUT2D eigenvalue weighted by atomic mass is 16.6. The van der Waals surface area contributed by atoms with Gasteiger partial charge in [0.2, 0.25) is 0 Å². The van der Waals surface area contributed by atoms with Crippen LogP contribution in [0.4, 0.5) is 5.69 Å². The van der Waals surface area contributed by atoms with Crippen LogP contribution >= 0.6 is 0 Å². The number of nitrogens with zero attached hydrogens (tertiary/aromatic N) is 2. The van der Waals surface area contributed by atoms with Crippen LogP contribution in [0.5, 0.6) is 0 Å². The summed E-state index contributed by atoms with van der Waals surface area (Å²) < 4.78 is 11.0. The van der Waals surface area contributed by atoms with Crippen LogP contribution in [-0.2, 0) is 14.3 Å². The van der Waals surface area contributed by atoms with Crippen LogP contribution in [0.2, 0.25) is 0 Å². The van der Waals surface area contributed by atoms with Crippen molar-refractivity contribution in [3.05, 3.63) is 42.2 Å². The molecule has 7 nitrogen and oxygen atoms in total. The van der Waals surface area contributed by atoms with E-state index in [1.807, 2.05) is 0 Å². The fourth-order valence-electron chi connectivity index (χ4n) is 1.64. The van der Waals surface area contributed by atoms with Gasteiger partial charge < -0.3 is 15.2 Å². The van der Waals surface area contributed by atoms with Gasteiger partial charge in [-0.3, -0.25) is 0 Å². The number of benzene rings is 1. The van der Waals surface area contributed by atoms with Crippen molar-refractivity contribution >= 4 is 17.6 Å². The quantitative estimate of drug-likeness (QED) is 0.655. The van der Waals surface area contributed by atoms with E-state index in [1.165, 1.54) is 10.7 Å². The van der Waals surface area contributed by atoms with Crippen LogP contribution in [0.1, 0.15) is 17.4 Å². The van der Waals surface area contributed by atoms with E-state index in [0.29, 0.717) is 5.69 Å². The van der Waals surface area contributed by atoms with Gasteiger partial charge in [-0.1, -0.05) is 6.07 Å². The van der Waals surface area contributed by atoms with Gasteiger partial charge in [0.1, 0.15) is 0 Å². The van der Waals surface area contributed by atoms with Crippen molar-refractivity contribution < 1.29 is 19.1 Å². The molecule has 1 aromatic carbocycles. The number of hydrogen-bond donors (Lipinski definition) is 1. The van der Waals surface area contributed by atoms with Crippen molar-refractivity contribution in [1.29, 1.82) is 0 Å². The van der Waals surface area contributed by atoms with Crippen LogP contribution in [0.25, 0.3) is 5.69 Å². The first kappa shape index (κ1) is 14.6. The van der Waals surface area contributed by atoms with Gasteiger partial charge in [0.05, 0.1) is 12.3 Å². The van der Waals surface area contributed by atoms with Crippen molar-refractivity contribution in [2.24, 2.45) is 0 Å². The minimum absolute atomic E-state index is 0.0988. The number of carbonyl (C=O) groups excluding carboxylic acids is 2. The maximum Gasteiger partial charge on any atom is 0.359 e. The maximum absolute atomic E-state index is 11.7. The minimum Gasteiger partial charge on any atom is -0.463 e. The Morgan fingerprint density at radius 3 is 2.81 bits per heavy atom. The van der Waals surface area contributed by atoms with Gasteiger partial charge in [0, 0.05) is 11.9 Å². The average Bonchev–Trinajstić information content (AvgIpc) is 2.95. The molecule has 0 bridgehead atoms. The van der Waals surface area contributed by atoms with Crippen molar-refractivity contribution in [2.75, 3.05) is 18.9 Å². The number of carbonyl (C=O) groups is 2. The largest absolute Gasteiger partial charge is 0.463 e. The lowest BCUT2D eigenvalue weighted by molar-refractivity contribution is -0.146. The SMILES string of the molecule is CCOC(=O)COC(=O)c1ccn(-c2cccc(N)c2)n1. The Morgan fingerprint density at radius 1 is 1.29 bits per heavy atom. The third kappa shape index (κ3) is 3.82. The fraction of sp³-hybridized carbons (Fsp3) is 0.214. The van der Waals surface area contributed by atoms with Crippen molar-refractivity contribution in [3.8, 4) is 5.69 Å².